The van der Waals surface area contributed by atoms with Crippen LogP contribution in [-0.2, 0) is 4.74 Å². The van der Waals surface area contributed by atoms with Crippen molar-refractivity contribution in [3.05, 3.63) is 53.6 Å². The van der Waals surface area contributed by atoms with Gasteiger partial charge in [0, 0.05) is 24.5 Å². The molecule has 0 aromatic heterocycles. The lowest BCUT2D eigenvalue weighted by molar-refractivity contribution is 0.0527. The number of carbonyl (C=O) groups excluding carboxylic acids is 2. The number of aryl methyl sites for hydroxylation is 1. The van der Waals surface area contributed by atoms with Gasteiger partial charge in [0.25, 0.3) is 0 Å². The van der Waals surface area contributed by atoms with Crippen LogP contribution in [0.2, 0.25) is 0 Å². The monoisotopic (exact) mass is 369 g/mol. The van der Waals surface area contributed by atoms with Gasteiger partial charge >= 0.3 is 12.0 Å². The van der Waals surface area contributed by atoms with Gasteiger partial charge < -0.3 is 20.3 Å². The van der Waals surface area contributed by atoms with Crippen LogP contribution in [0.5, 0.6) is 0 Å². The van der Waals surface area contributed by atoms with Gasteiger partial charge in [0.1, 0.15) is 0 Å². The predicted octanol–water partition coefficient (Wildman–Crippen LogP) is 4.66. The number of ether oxygens (including phenoxy) is 1. The zero-order valence-electron chi connectivity index (χ0n) is 16.3. The van der Waals surface area contributed by atoms with Crippen LogP contribution in [0.15, 0.2) is 42.5 Å². The average molecular weight is 369 g/mol. The zero-order chi connectivity index (χ0) is 19.8. The number of hydrogen-bond donors (Lipinski definition) is 2. The van der Waals surface area contributed by atoms with Crippen LogP contribution in [0.25, 0.3) is 0 Å². The zero-order valence-corrected chi connectivity index (χ0v) is 16.3. The molecule has 0 aliphatic carbocycles. The van der Waals surface area contributed by atoms with Gasteiger partial charge in [-0.25, -0.2) is 9.59 Å². The number of benzene rings is 2. The number of esters is 1. The standard InChI is InChI=1S/C21H27N3O3/c1-5-24(6-2)16-12-13-18(15(4)14-16)22-21(26)23-19-11-9-8-10-17(19)20(25)27-7-3/h8-14H,5-7H2,1-4H3,(H2,22,23,26). The van der Waals surface area contributed by atoms with Gasteiger partial charge in [-0.1, -0.05) is 12.1 Å². The molecular formula is C21H27N3O3. The lowest BCUT2D eigenvalue weighted by Gasteiger charge is -2.22. The Bertz CT molecular complexity index is 801. The number of hydrogen-bond acceptors (Lipinski definition) is 4. The van der Waals surface area contributed by atoms with E-state index in [0.717, 1.165) is 30.0 Å². The molecule has 2 aromatic rings. The summed E-state index contributed by atoms with van der Waals surface area (Å²) in [6.45, 7) is 10.0. The van der Waals surface area contributed by atoms with Crippen molar-refractivity contribution in [3.8, 4) is 0 Å². The highest BCUT2D eigenvalue weighted by Gasteiger charge is 2.14. The second-order valence-corrected chi connectivity index (χ2v) is 6.02. The number of carbonyl (C=O) groups is 2. The summed E-state index contributed by atoms with van der Waals surface area (Å²) in [4.78, 5) is 26.7. The van der Waals surface area contributed by atoms with E-state index in [1.807, 2.05) is 19.1 Å². The minimum atomic E-state index is -0.465. The van der Waals surface area contributed by atoms with Gasteiger partial charge in [-0.05, 0) is 63.6 Å². The summed E-state index contributed by atoms with van der Waals surface area (Å²) in [5.74, 6) is -0.465. The summed E-state index contributed by atoms with van der Waals surface area (Å²) in [5.41, 5.74) is 3.54. The molecule has 0 fully saturated rings. The smallest absolute Gasteiger partial charge is 0.340 e. The number of urea groups is 1. The van der Waals surface area contributed by atoms with Crippen molar-refractivity contribution in [2.24, 2.45) is 0 Å². The Morgan fingerprint density at radius 1 is 0.963 bits per heavy atom. The summed E-state index contributed by atoms with van der Waals surface area (Å²) < 4.78 is 5.03. The quantitative estimate of drug-likeness (QED) is 0.696. The van der Waals surface area contributed by atoms with Crippen LogP contribution in [0.3, 0.4) is 0 Å². The van der Waals surface area contributed by atoms with Gasteiger partial charge in [0.2, 0.25) is 0 Å². The largest absolute Gasteiger partial charge is 0.462 e. The van der Waals surface area contributed by atoms with Crippen molar-refractivity contribution in [1.82, 2.24) is 0 Å². The molecule has 144 valence electrons. The van der Waals surface area contributed by atoms with Gasteiger partial charge in [0.15, 0.2) is 0 Å². The summed E-state index contributed by atoms with van der Waals surface area (Å²) in [6, 6.07) is 12.3. The van der Waals surface area contributed by atoms with Crippen molar-refractivity contribution in [2.45, 2.75) is 27.7 Å². The molecule has 2 rings (SSSR count). The Hall–Kier alpha value is -3.02. The van der Waals surface area contributed by atoms with Crippen molar-refractivity contribution in [1.29, 1.82) is 0 Å². The van der Waals surface area contributed by atoms with E-state index < -0.39 is 12.0 Å². The number of nitrogens with one attached hydrogen (secondary N) is 2. The van der Waals surface area contributed by atoms with Crippen LogP contribution in [0.1, 0.15) is 36.7 Å². The Morgan fingerprint density at radius 2 is 1.63 bits per heavy atom. The molecule has 0 spiro atoms. The SMILES string of the molecule is CCOC(=O)c1ccccc1NC(=O)Nc1ccc(N(CC)CC)cc1C. The highest BCUT2D eigenvalue weighted by atomic mass is 16.5. The molecule has 0 saturated carbocycles. The topological polar surface area (TPSA) is 70.7 Å². The fraction of sp³-hybridized carbons (Fsp3) is 0.333. The summed E-state index contributed by atoms with van der Waals surface area (Å²) in [7, 11) is 0. The van der Waals surface area contributed by atoms with Crippen LogP contribution >= 0.6 is 0 Å². The summed E-state index contributed by atoms with van der Waals surface area (Å²) in [6.07, 6.45) is 0. The Morgan fingerprint density at radius 3 is 2.26 bits per heavy atom. The first kappa shape index (κ1) is 20.3. The molecule has 0 unspecified atom stereocenters. The minimum Gasteiger partial charge on any atom is -0.462 e. The molecule has 2 aromatic carbocycles. The third-order valence-electron chi connectivity index (χ3n) is 4.26. The van der Waals surface area contributed by atoms with E-state index in [2.05, 4.69) is 35.4 Å². The Kier molecular flexibility index (Phi) is 7.23. The molecule has 0 bridgehead atoms. The van der Waals surface area contributed by atoms with Gasteiger partial charge in [-0.3, -0.25) is 0 Å². The van der Waals surface area contributed by atoms with E-state index >= 15 is 0 Å². The maximum Gasteiger partial charge on any atom is 0.340 e. The van der Waals surface area contributed by atoms with Crippen molar-refractivity contribution in [2.75, 3.05) is 35.2 Å². The van der Waals surface area contributed by atoms with E-state index in [-0.39, 0.29) is 6.61 Å². The Balaban J connectivity index is 2.12. The summed E-state index contributed by atoms with van der Waals surface area (Å²) in [5, 5.41) is 5.56. The van der Waals surface area contributed by atoms with Gasteiger partial charge in [-0.15, -0.1) is 0 Å². The van der Waals surface area contributed by atoms with Crippen LogP contribution in [0, 0.1) is 6.92 Å². The first-order chi connectivity index (χ1) is 13.0. The molecule has 2 amide bonds. The van der Waals surface area contributed by atoms with Gasteiger partial charge in [0.05, 0.1) is 17.9 Å². The maximum absolute atomic E-state index is 12.4. The average Bonchev–Trinajstić information content (AvgIpc) is 2.65. The molecule has 0 aliphatic rings. The van der Waals surface area contributed by atoms with Crippen LogP contribution < -0.4 is 15.5 Å². The molecule has 0 heterocycles. The van der Waals surface area contributed by atoms with E-state index in [0.29, 0.717) is 11.3 Å². The second-order valence-electron chi connectivity index (χ2n) is 6.02. The van der Waals surface area contributed by atoms with Crippen molar-refractivity contribution < 1.29 is 14.3 Å². The first-order valence-electron chi connectivity index (χ1n) is 9.19. The Labute approximate surface area is 160 Å². The van der Waals surface area contributed by atoms with Crippen molar-refractivity contribution >= 4 is 29.1 Å². The molecule has 27 heavy (non-hydrogen) atoms. The van der Waals surface area contributed by atoms with E-state index in [4.69, 9.17) is 4.74 Å². The third kappa shape index (κ3) is 5.23. The van der Waals surface area contributed by atoms with Crippen molar-refractivity contribution in [3.63, 3.8) is 0 Å². The highest BCUT2D eigenvalue weighted by Crippen LogP contribution is 2.23. The number of amides is 2. The number of nitrogens with zero attached hydrogens (tertiary/aromatic N) is 1. The normalized spacial score (nSPS) is 10.2. The first-order valence-corrected chi connectivity index (χ1v) is 9.19. The predicted molar refractivity (Wildman–Crippen MR) is 110 cm³/mol. The molecule has 0 aliphatic heterocycles. The summed E-state index contributed by atoms with van der Waals surface area (Å²) >= 11 is 0. The molecule has 2 N–H and O–H groups in total. The van der Waals surface area contributed by atoms with E-state index in [1.165, 1.54) is 0 Å². The third-order valence-corrected chi connectivity index (χ3v) is 4.26. The molecule has 0 atom stereocenters. The second kappa shape index (κ2) is 9.62. The number of para-hydroxylation sites is 1. The molecule has 0 radical (unpaired) electrons. The molecule has 6 heteroatoms. The molecule has 6 nitrogen and oxygen atoms in total. The number of anilines is 3. The van der Waals surface area contributed by atoms with Gasteiger partial charge in [-0.2, -0.15) is 0 Å². The molecular weight excluding hydrogens is 342 g/mol. The fourth-order valence-corrected chi connectivity index (χ4v) is 2.83. The fourth-order valence-electron chi connectivity index (χ4n) is 2.83. The van der Waals surface area contributed by atoms with E-state index in [1.54, 1.807) is 31.2 Å². The maximum atomic E-state index is 12.4. The lowest BCUT2D eigenvalue weighted by atomic mass is 10.1. The van der Waals surface area contributed by atoms with Crippen LogP contribution in [-0.4, -0.2) is 31.7 Å². The lowest BCUT2D eigenvalue weighted by Crippen LogP contribution is -2.23. The number of rotatable bonds is 7. The molecule has 0 saturated heterocycles. The van der Waals surface area contributed by atoms with Crippen LogP contribution in [0.4, 0.5) is 21.9 Å². The minimum absolute atomic E-state index is 0.275. The van der Waals surface area contributed by atoms with E-state index in [9.17, 15) is 9.59 Å². The highest BCUT2D eigenvalue weighted by molar-refractivity contribution is 6.05.